The van der Waals surface area contributed by atoms with Crippen LogP contribution in [0.4, 0.5) is 0 Å². The maximum atomic E-state index is 12.8. The number of aryl methyl sites for hydroxylation is 1. The largest absolute Gasteiger partial charge is 0.420 e. The minimum atomic E-state index is 0.109. The third-order valence-corrected chi connectivity index (χ3v) is 6.28. The quantitative estimate of drug-likeness (QED) is 0.678. The van der Waals surface area contributed by atoms with Gasteiger partial charge in [0.25, 0.3) is 5.91 Å². The van der Waals surface area contributed by atoms with Gasteiger partial charge >= 0.3 is 0 Å². The van der Waals surface area contributed by atoms with Crippen molar-refractivity contribution < 1.29 is 9.21 Å². The molecule has 4 rings (SSSR count). The van der Waals surface area contributed by atoms with Crippen molar-refractivity contribution in [1.82, 2.24) is 15.1 Å². The fraction of sp³-hybridized carbons (Fsp3) is 0.389. The monoisotopic (exact) mass is 373 g/mol. The lowest BCUT2D eigenvalue weighted by atomic mass is 9.97. The number of hydrogen-bond donors (Lipinski definition) is 0. The maximum absolute atomic E-state index is 12.8. The smallest absolute Gasteiger partial charge is 0.254 e. The van der Waals surface area contributed by atoms with Crippen LogP contribution in [-0.4, -0.2) is 34.1 Å². The molecule has 0 saturated carbocycles. The van der Waals surface area contributed by atoms with E-state index >= 15 is 0 Å². The molecule has 0 aliphatic carbocycles. The van der Waals surface area contributed by atoms with Gasteiger partial charge in [0.05, 0.1) is 11.5 Å². The summed E-state index contributed by atoms with van der Waals surface area (Å²) in [6, 6.07) is 3.98. The molecule has 5 nitrogen and oxygen atoms in total. The van der Waals surface area contributed by atoms with Gasteiger partial charge in [0, 0.05) is 34.3 Å². The number of nitrogens with zero attached hydrogens (tertiary/aromatic N) is 3. The molecule has 1 aliphatic rings. The van der Waals surface area contributed by atoms with Gasteiger partial charge in [-0.25, -0.2) is 0 Å². The van der Waals surface area contributed by atoms with E-state index in [0.717, 1.165) is 36.9 Å². The Hall–Kier alpha value is -1.99. The first-order valence-corrected chi connectivity index (χ1v) is 10.3. The minimum Gasteiger partial charge on any atom is -0.420 e. The number of amides is 1. The molecule has 1 atom stereocenters. The molecule has 1 saturated heterocycles. The van der Waals surface area contributed by atoms with Gasteiger partial charge in [0.1, 0.15) is 0 Å². The second-order valence-electron chi connectivity index (χ2n) is 6.20. The van der Waals surface area contributed by atoms with Crippen LogP contribution in [0.25, 0.3) is 11.5 Å². The molecule has 4 heterocycles. The van der Waals surface area contributed by atoms with Gasteiger partial charge in [-0.1, -0.05) is 6.92 Å². The van der Waals surface area contributed by atoms with Crippen molar-refractivity contribution in [3.8, 4) is 11.5 Å². The molecule has 3 aromatic heterocycles. The molecule has 3 aromatic rings. The molecule has 0 bridgehead atoms. The lowest BCUT2D eigenvalue weighted by Gasteiger charge is -2.30. The molecule has 7 heteroatoms. The summed E-state index contributed by atoms with van der Waals surface area (Å²) < 4.78 is 5.87. The van der Waals surface area contributed by atoms with Crippen molar-refractivity contribution in [2.75, 3.05) is 13.1 Å². The average Bonchev–Trinajstić information content (AvgIpc) is 3.41. The number of thiophene rings is 2. The highest BCUT2D eigenvalue weighted by atomic mass is 32.1. The topological polar surface area (TPSA) is 59.2 Å². The number of hydrogen-bond acceptors (Lipinski definition) is 6. The highest BCUT2D eigenvalue weighted by Crippen LogP contribution is 2.30. The molecular weight excluding hydrogens is 354 g/mol. The van der Waals surface area contributed by atoms with Gasteiger partial charge < -0.3 is 9.32 Å². The highest BCUT2D eigenvalue weighted by molar-refractivity contribution is 7.10. The van der Waals surface area contributed by atoms with E-state index in [-0.39, 0.29) is 11.8 Å². The van der Waals surface area contributed by atoms with Crippen LogP contribution in [0.2, 0.25) is 0 Å². The van der Waals surface area contributed by atoms with Crippen LogP contribution in [-0.2, 0) is 6.42 Å². The molecule has 1 aliphatic heterocycles. The molecule has 0 aromatic carbocycles. The van der Waals surface area contributed by atoms with E-state index in [4.69, 9.17) is 4.42 Å². The third-order valence-electron chi connectivity index (χ3n) is 4.52. The predicted octanol–water partition coefficient (Wildman–Crippen LogP) is 4.44. The Morgan fingerprint density at radius 2 is 2.32 bits per heavy atom. The van der Waals surface area contributed by atoms with Gasteiger partial charge in [0.2, 0.25) is 11.8 Å². The summed E-state index contributed by atoms with van der Waals surface area (Å²) in [4.78, 5) is 15.9. The summed E-state index contributed by atoms with van der Waals surface area (Å²) in [6.45, 7) is 3.54. The predicted molar refractivity (Wildman–Crippen MR) is 99.2 cm³/mol. The molecular formula is C18H19N3O2S2. The van der Waals surface area contributed by atoms with Crippen molar-refractivity contribution in [3.05, 3.63) is 44.6 Å². The van der Waals surface area contributed by atoms with E-state index in [1.54, 1.807) is 22.7 Å². The summed E-state index contributed by atoms with van der Waals surface area (Å²) in [5.41, 5.74) is 1.75. The van der Waals surface area contributed by atoms with Crippen molar-refractivity contribution in [3.63, 3.8) is 0 Å². The second-order valence-corrected chi connectivity index (χ2v) is 7.98. The first-order valence-electron chi connectivity index (χ1n) is 8.47. The Morgan fingerprint density at radius 3 is 3.08 bits per heavy atom. The molecule has 25 heavy (non-hydrogen) atoms. The Labute approximate surface area is 154 Å². The van der Waals surface area contributed by atoms with Crippen LogP contribution < -0.4 is 0 Å². The van der Waals surface area contributed by atoms with Gasteiger partial charge in [-0.2, -0.15) is 11.3 Å². The van der Waals surface area contributed by atoms with E-state index in [9.17, 15) is 4.79 Å². The highest BCUT2D eigenvalue weighted by Gasteiger charge is 2.29. The summed E-state index contributed by atoms with van der Waals surface area (Å²) in [6.07, 6.45) is 2.89. The molecule has 0 radical (unpaired) electrons. The molecule has 0 N–H and O–H groups in total. The van der Waals surface area contributed by atoms with Crippen LogP contribution in [0.1, 0.15) is 46.8 Å². The molecule has 0 unspecified atom stereocenters. The van der Waals surface area contributed by atoms with Crippen molar-refractivity contribution in [2.24, 2.45) is 0 Å². The van der Waals surface area contributed by atoms with Gasteiger partial charge in [-0.05, 0) is 36.8 Å². The van der Waals surface area contributed by atoms with Gasteiger partial charge in [0.15, 0.2) is 0 Å². The second kappa shape index (κ2) is 7.09. The van der Waals surface area contributed by atoms with E-state index in [1.807, 2.05) is 33.2 Å². The number of likely N-dealkylation sites (tertiary alicyclic amines) is 1. The molecule has 1 fully saturated rings. The maximum Gasteiger partial charge on any atom is 0.254 e. The summed E-state index contributed by atoms with van der Waals surface area (Å²) in [5.74, 6) is 1.42. The SMILES string of the molecule is CCc1cc(C(=O)N2CCC[C@@H](c3nnc(-c4ccsc4)o3)C2)cs1. The molecule has 0 spiro atoms. The number of carbonyl (C=O) groups is 1. The van der Waals surface area contributed by atoms with E-state index in [2.05, 4.69) is 17.1 Å². The zero-order valence-electron chi connectivity index (χ0n) is 14.0. The Bertz CT molecular complexity index is 853. The zero-order chi connectivity index (χ0) is 17.2. The van der Waals surface area contributed by atoms with Crippen LogP contribution >= 0.6 is 22.7 Å². The lowest BCUT2D eigenvalue weighted by molar-refractivity contribution is 0.0699. The third kappa shape index (κ3) is 3.39. The first-order chi connectivity index (χ1) is 12.2. The standard InChI is InChI=1S/C18H19N3O2S2/c1-2-15-8-14(11-25-15)18(22)21-6-3-4-12(9-21)16-19-20-17(23-16)13-5-7-24-10-13/h5,7-8,10-12H,2-4,6,9H2,1H3/t12-/m1/s1. The fourth-order valence-corrected chi connectivity index (χ4v) is 4.56. The lowest BCUT2D eigenvalue weighted by Crippen LogP contribution is -2.39. The number of aromatic nitrogens is 2. The van der Waals surface area contributed by atoms with E-state index < -0.39 is 0 Å². The number of piperidine rings is 1. The number of rotatable bonds is 4. The summed E-state index contributed by atoms with van der Waals surface area (Å²) >= 11 is 3.26. The Kier molecular flexibility index (Phi) is 4.67. The van der Waals surface area contributed by atoms with Gasteiger partial charge in [-0.15, -0.1) is 21.5 Å². The summed E-state index contributed by atoms with van der Waals surface area (Å²) in [7, 11) is 0. The van der Waals surface area contributed by atoms with Crippen molar-refractivity contribution in [1.29, 1.82) is 0 Å². The van der Waals surface area contributed by atoms with E-state index in [0.29, 0.717) is 18.3 Å². The molecule has 1 amide bonds. The Morgan fingerprint density at radius 1 is 1.40 bits per heavy atom. The fourth-order valence-electron chi connectivity index (χ4n) is 3.13. The van der Waals surface area contributed by atoms with Crippen LogP contribution in [0.15, 0.2) is 32.7 Å². The van der Waals surface area contributed by atoms with Gasteiger partial charge in [-0.3, -0.25) is 4.79 Å². The van der Waals surface area contributed by atoms with Crippen LogP contribution in [0.5, 0.6) is 0 Å². The number of carbonyl (C=O) groups excluding carboxylic acids is 1. The first kappa shape index (κ1) is 16.5. The van der Waals surface area contributed by atoms with Crippen LogP contribution in [0.3, 0.4) is 0 Å². The van der Waals surface area contributed by atoms with Crippen molar-refractivity contribution in [2.45, 2.75) is 32.1 Å². The Balaban J connectivity index is 1.48. The zero-order valence-corrected chi connectivity index (χ0v) is 15.6. The minimum absolute atomic E-state index is 0.109. The summed E-state index contributed by atoms with van der Waals surface area (Å²) in [5, 5.41) is 14.3. The normalized spacial score (nSPS) is 17.8. The average molecular weight is 374 g/mol. The van der Waals surface area contributed by atoms with E-state index in [1.165, 1.54) is 4.88 Å². The van der Waals surface area contributed by atoms with Crippen LogP contribution in [0, 0.1) is 0 Å². The molecule has 130 valence electrons. The van der Waals surface area contributed by atoms with Crippen molar-refractivity contribution >= 4 is 28.6 Å².